The SMILES string of the molecule is O=[N+]([O-])c1ccc(N=Cc2cc(Cl)ccc2O)cc1. The molecule has 0 fully saturated rings. The number of non-ortho nitro benzene ring substituents is 1. The molecule has 0 aromatic heterocycles. The molecule has 0 saturated carbocycles. The monoisotopic (exact) mass is 276 g/mol. The molecule has 6 heteroatoms. The summed E-state index contributed by atoms with van der Waals surface area (Å²) in [5.74, 6) is 0.0649. The number of hydrogen-bond donors (Lipinski definition) is 1. The predicted octanol–water partition coefficient (Wildman–Crippen LogP) is 3.70. The van der Waals surface area contributed by atoms with E-state index < -0.39 is 4.92 Å². The Balaban J connectivity index is 2.22. The topological polar surface area (TPSA) is 75.7 Å². The smallest absolute Gasteiger partial charge is 0.269 e. The minimum atomic E-state index is -0.476. The summed E-state index contributed by atoms with van der Waals surface area (Å²) in [6, 6.07) is 10.4. The maximum absolute atomic E-state index is 10.5. The molecule has 1 N–H and O–H groups in total. The summed E-state index contributed by atoms with van der Waals surface area (Å²) in [4.78, 5) is 14.1. The molecular weight excluding hydrogens is 268 g/mol. The molecule has 5 nitrogen and oxygen atoms in total. The Bertz CT molecular complexity index is 639. The molecule has 0 aliphatic rings. The van der Waals surface area contributed by atoms with Gasteiger partial charge in [0.05, 0.1) is 10.6 Å². The summed E-state index contributed by atoms with van der Waals surface area (Å²) in [5.41, 5.74) is 1.03. The normalized spacial score (nSPS) is 10.8. The lowest BCUT2D eigenvalue weighted by atomic mass is 10.2. The Morgan fingerprint density at radius 2 is 1.89 bits per heavy atom. The summed E-state index contributed by atoms with van der Waals surface area (Å²) >= 11 is 5.81. The first-order valence-corrected chi connectivity index (χ1v) is 5.71. The number of nitro groups is 1. The van der Waals surface area contributed by atoms with E-state index in [1.807, 2.05) is 0 Å². The molecule has 0 aliphatic heterocycles. The van der Waals surface area contributed by atoms with Crippen molar-refractivity contribution in [3.63, 3.8) is 0 Å². The van der Waals surface area contributed by atoms with Gasteiger partial charge in [0.2, 0.25) is 0 Å². The first kappa shape index (κ1) is 13.0. The summed E-state index contributed by atoms with van der Waals surface area (Å²) < 4.78 is 0. The van der Waals surface area contributed by atoms with Gasteiger partial charge in [-0.25, -0.2) is 0 Å². The first-order chi connectivity index (χ1) is 9.06. The van der Waals surface area contributed by atoms with Crippen molar-refractivity contribution in [2.45, 2.75) is 0 Å². The third-order valence-corrected chi connectivity index (χ3v) is 2.64. The van der Waals surface area contributed by atoms with Crippen molar-refractivity contribution >= 4 is 29.2 Å². The van der Waals surface area contributed by atoms with Gasteiger partial charge >= 0.3 is 0 Å². The second-order valence-corrected chi connectivity index (χ2v) is 4.17. The van der Waals surface area contributed by atoms with Gasteiger partial charge in [0, 0.05) is 28.9 Å². The summed E-state index contributed by atoms with van der Waals surface area (Å²) in [5, 5.41) is 20.6. The van der Waals surface area contributed by atoms with E-state index in [0.29, 0.717) is 16.3 Å². The van der Waals surface area contributed by atoms with Crippen LogP contribution in [0.5, 0.6) is 5.75 Å². The number of nitrogens with zero attached hydrogens (tertiary/aromatic N) is 2. The summed E-state index contributed by atoms with van der Waals surface area (Å²) in [6.45, 7) is 0. The molecule has 2 rings (SSSR count). The highest BCUT2D eigenvalue weighted by molar-refractivity contribution is 6.30. The van der Waals surface area contributed by atoms with Gasteiger partial charge in [-0.1, -0.05) is 11.6 Å². The zero-order valence-corrected chi connectivity index (χ0v) is 10.4. The maximum atomic E-state index is 10.5. The van der Waals surface area contributed by atoms with Crippen molar-refractivity contribution < 1.29 is 10.0 Å². The highest BCUT2D eigenvalue weighted by Crippen LogP contribution is 2.22. The Labute approximate surface area is 113 Å². The standard InChI is InChI=1S/C13H9ClN2O3/c14-10-1-6-13(17)9(7-10)8-15-11-2-4-12(5-3-11)16(18)19/h1-8,17H. The van der Waals surface area contributed by atoms with Crippen LogP contribution in [0.25, 0.3) is 0 Å². The van der Waals surface area contributed by atoms with E-state index in [0.717, 1.165) is 0 Å². The van der Waals surface area contributed by atoms with E-state index in [1.165, 1.54) is 36.5 Å². The molecule has 0 unspecified atom stereocenters. The van der Waals surface area contributed by atoms with Crippen molar-refractivity contribution in [3.8, 4) is 5.75 Å². The Kier molecular flexibility index (Phi) is 3.77. The largest absolute Gasteiger partial charge is 0.507 e. The van der Waals surface area contributed by atoms with Crippen LogP contribution in [0.2, 0.25) is 5.02 Å². The molecule has 0 spiro atoms. The molecule has 19 heavy (non-hydrogen) atoms. The lowest BCUT2D eigenvalue weighted by Gasteiger charge is -1.99. The molecule has 2 aromatic carbocycles. The van der Waals surface area contributed by atoms with Crippen molar-refractivity contribution in [2.75, 3.05) is 0 Å². The van der Waals surface area contributed by atoms with Crippen LogP contribution < -0.4 is 0 Å². The number of halogens is 1. The number of phenolic OH excluding ortho intramolecular Hbond substituents is 1. The molecule has 0 heterocycles. The summed E-state index contributed by atoms with van der Waals surface area (Å²) in [6.07, 6.45) is 1.45. The van der Waals surface area contributed by atoms with Gasteiger partial charge in [0.15, 0.2) is 0 Å². The third kappa shape index (κ3) is 3.29. The zero-order valence-electron chi connectivity index (χ0n) is 9.65. The van der Waals surface area contributed by atoms with E-state index in [4.69, 9.17) is 11.6 Å². The molecule has 0 amide bonds. The van der Waals surface area contributed by atoms with Gasteiger partial charge in [0.25, 0.3) is 5.69 Å². The Morgan fingerprint density at radius 1 is 1.21 bits per heavy atom. The van der Waals surface area contributed by atoms with Crippen molar-refractivity contribution in [1.82, 2.24) is 0 Å². The number of hydrogen-bond acceptors (Lipinski definition) is 4. The average Bonchev–Trinajstić information content (AvgIpc) is 2.40. The number of phenols is 1. The fourth-order valence-electron chi connectivity index (χ4n) is 1.43. The molecule has 0 atom stereocenters. The fourth-order valence-corrected chi connectivity index (χ4v) is 1.61. The lowest BCUT2D eigenvalue weighted by Crippen LogP contribution is -1.86. The van der Waals surface area contributed by atoms with E-state index in [2.05, 4.69) is 4.99 Å². The number of aromatic hydroxyl groups is 1. The van der Waals surface area contributed by atoms with Crippen LogP contribution in [0.3, 0.4) is 0 Å². The average molecular weight is 277 g/mol. The Morgan fingerprint density at radius 3 is 2.53 bits per heavy atom. The van der Waals surface area contributed by atoms with Crippen LogP contribution in [0.15, 0.2) is 47.5 Å². The van der Waals surface area contributed by atoms with Gasteiger partial charge < -0.3 is 5.11 Å². The third-order valence-electron chi connectivity index (χ3n) is 2.40. The first-order valence-electron chi connectivity index (χ1n) is 5.33. The fraction of sp³-hybridized carbons (Fsp3) is 0. The van der Waals surface area contributed by atoms with E-state index in [-0.39, 0.29) is 11.4 Å². The van der Waals surface area contributed by atoms with Gasteiger partial charge in [-0.2, -0.15) is 0 Å². The van der Waals surface area contributed by atoms with Crippen LogP contribution in [0.4, 0.5) is 11.4 Å². The molecule has 0 radical (unpaired) electrons. The van der Waals surface area contributed by atoms with Gasteiger partial charge in [-0.3, -0.25) is 15.1 Å². The minimum absolute atomic E-state index is 0.00422. The second-order valence-electron chi connectivity index (χ2n) is 3.73. The number of rotatable bonds is 3. The number of nitro benzene ring substituents is 1. The molecule has 0 aliphatic carbocycles. The van der Waals surface area contributed by atoms with Crippen LogP contribution in [0.1, 0.15) is 5.56 Å². The van der Waals surface area contributed by atoms with Crippen molar-refractivity contribution in [2.24, 2.45) is 4.99 Å². The van der Waals surface area contributed by atoms with Gasteiger partial charge in [-0.15, -0.1) is 0 Å². The van der Waals surface area contributed by atoms with Crippen LogP contribution in [-0.2, 0) is 0 Å². The second kappa shape index (κ2) is 5.49. The lowest BCUT2D eigenvalue weighted by molar-refractivity contribution is -0.384. The molecular formula is C13H9ClN2O3. The highest BCUT2D eigenvalue weighted by atomic mass is 35.5. The van der Waals surface area contributed by atoms with Gasteiger partial charge in [-0.05, 0) is 30.3 Å². The maximum Gasteiger partial charge on any atom is 0.269 e. The van der Waals surface area contributed by atoms with Gasteiger partial charge in [0.1, 0.15) is 5.75 Å². The zero-order chi connectivity index (χ0) is 13.8. The summed E-state index contributed by atoms with van der Waals surface area (Å²) in [7, 11) is 0. The van der Waals surface area contributed by atoms with Crippen LogP contribution in [-0.4, -0.2) is 16.2 Å². The van der Waals surface area contributed by atoms with Crippen LogP contribution >= 0.6 is 11.6 Å². The highest BCUT2D eigenvalue weighted by Gasteiger charge is 2.03. The number of benzene rings is 2. The number of aliphatic imine (C=N–C) groups is 1. The molecule has 0 bridgehead atoms. The quantitative estimate of drug-likeness (QED) is 0.527. The van der Waals surface area contributed by atoms with E-state index in [9.17, 15) is 15.2 Å². The van der Waals surface area contributed by atoms with Crippen LogP contribution in [0, 0.1) is 10.1 Å². The molecule has 96 valence electrons. The predicted molar refractivity (Wildman–Crippen MR) is 73.5 cm³/mol. The van der Waals surface area contributed by atoms with E-state index >= 15 is 0 Å². The van der Waals surface area contributed by atoms with Crippen molar-refractivity contribution in [3.05, 3.63) is 63.2 Å². The van der Waals surface area contributed by atoms with E-state index in [1.54, 1.807) is 12.1 Å². The minimum Gasteiger partial charge on any atom is -0.507 e. The molecule has 2 aromatic rings. The van der Waals surface area contributed by atoms with Crippen molar-refractivity contribution in [1.29, 1.82) is 0 Å². The molecule has 0 saturated heterocycles. The Hall–Kier alpha value is -2.40.